The molecule has 0 aliphatic carbocycles. The number of hydrogen-bond acceptors (Lipinski definition) is 4. The quantitative estimate of drug-likeness (QED) is 0.663. The topological polar surface area (TPSA) is 80.3 Å². The molecule has 28 heavy (non-hydrogen) atoms. The average molecular weight is 396 g/mol. The Kier molecular flexibility index (Phi) is 5.91. The molecule has 2 N–H and O–H groups in total. The first-order valence-corrected chi connectivity index (χ1v) is 8.84. The Morgan fingerprint density at radius 2 is 1.50 bits per heavy atom. The van der Waals surface area contributed by atoms with Crippen LogP contribution in [0.25, 0.3) is 0 Å². The molecule has 7 heteroatoms. The monoisotopic (exact) mass is 395 g/mol. The molecule has 0 bridgehead atoms. The molecule has 0 unspecified atom stereocenters. The molecule has 2 amide bonds. The maximum atomic E-state index is 12.5. The van der Waals surface area contributed by atoms with Gasteiger partial charge in [0, 0.05) is 16.4 Å². The first kappa shape index (κ1) is 19.4. The largest absolute Gasteiger partial charge is 0.497 e. The number of amides is 2. The molecule has 3 rings (SSSR count). The van der Waals surface area contributed by atoms with Crippen molar-refractivity contribution in [1.29, 1.82) is 0 Å². The molecule has 0 aliphatic rings. The van der Waals surface area contributed by atoms with Gasteiger partial charge in [0.05, 0.1) is 7.11 Å². The van der Waals surface area contributed by atoms with E-state index in [0.29, 0.717) is 22.1 Å². The molecular formula is C21H18ClN3O3. The Balaban J connectivity index is 1.74. The summed E-state index contributed by atoms with van der Waals surface area (Å²) in [6.07, 6.45) is 0. The van der Waals surface area contributed by atoms with Crippen LogP contribution in [0, 0.1) is 6.92 Å². The molecule has 1 heterocycles. The lowest BCUT2D eigenvalue weighted by molar-refractivity contribution is 0.101. The number of aromatic nitrogens is 1. The van der Waals surface area contributed by atoms with Crippen LogP contribution in [0.1, 0.15) is 26.5 Å². The summed E-state index contributed by atoms with van der Waals surface area (Å²) in [6.45, 7) is 1.81. The number of pyridine rings is 1. The van der Waals surface area contributed by atoms with Gasteiger partial charge in [0.1, 0.15) is 17.1 Å². The molecule has 6 nitrogen and oxygen atoms in total. The van der Waals surface area contributed by atoms with E-state index < -0.39 is 11.8 Å². The molecule has 0 atom stereocenters. The summed E-state index contributed by atoms with van der Waals surface area (Å²) >= 11 is 6.08. The molecule has 3 aromatic rings. The fourth-order valence-electron chi connectivity index (χ4n) is 2.49. The van der Waals surface area contributed by atoms with E-state index in [0.717, 1.165) is 5.56 Å². The molecular weight excluding hydrogens is 378 g/mol. The van der Waals surface area contributed by atoms with E-state index in [1.807, 2.05) is 6.92 Å². The van der Waals surface area contributed by atoms with Gasteiger partial charge in [-0.2, -0.15) is 0 Å². The molecule has 1 aromatic heterocycles. The van der Waals surface area contributed by atoms with Crippen molar-refractivity contribution < 1.29 is 14.3 Å². The van der Waals surface area contributed by atoms with Crippen molar-refractivity contribution in [2.24, 2.45) is 0 Å². The molecule has 0 saturated carbocycles. The lowest BCUT2D eigenvalue weighted by atomic mass is 10.2. The Bertz CT molecular complexity index is 1020. The van der Waals surface area contributed by atoms with Crippen LogP contribution in [0.3, 0.4) is 0 Å². The highest BCUT2D eigenvalue weighted by Crippen LogP contribution is 2.23. The molecule has 2 aromatic carbocycles. The minimum atomic E-state index is -0.426. The Morgan fingerprint density at radius 3 is 2.14 bits per heavy atom. The number of halogens is 1. The number of ether oxygens (including phenoxy) is 1. The van der Waals surface area contributed by atoms with Gasteiger partial charge in [-0.3, -0.25) is 9.59 Å². The van der Waals surface area contributed by atoms with Crippen LogP contribution < -0.4 is 15.4 Å². The summed E-state index contributed by atoms with van der Waals surface area (Å²) in [5.41, 5.74) is 2.20. The zero-order valence-electron chi connectivity index (χ0n) is 15.3. The van der Waals surface area contributed by atoms with Crippen molar-refractivity contribution in [1.82, 2.24) is 4.98 Å². The SMILES string of the molecule is COc1ccc(NC(=O)c2cccc(C(=O)Nc3cccc(Cl)c3C)n2)cc1. The Hall–Kier alpha value is -3.38. The van der Waals surface area contributed by atoms with Gasteiger partial charge in [-0.15, -0.1) is 0 Å². The summed E-state index contributed by atoms with van der Waals surface area (Å²) < 4.78 is 5.09. The van der Waals surface area contributed by atoms with E-state index in [4.69, 9.17) is 16.3 Å². The number of carbonyl (C=O) groups is 2. The van der Waals surface area contributed by atoms with Crippen LogP contribution in [0.2, 0.25) is 5.02 Å². The first-order chi connectivity index (χ1) is 13.5. The third-order valence-electron chi connectivity index (χ3n) is 4.08. The van der Waals surface area contributed by atoms with Gasteiger partial charge in [-0.25, -0.2) is 4.98 Å². The van der Waals surface area contributed by atoms with Gasteiger partial charge in [0.2, 0.25) is 0 Å². The van der Waals surface area contributed by atoms with Gasteiger partial charge in [0.15, 0.2) is 0 Å². The second-order valence-corrected chi connectivity index (χ2v) is 6.36. The second kappa shape index (κ2) is 8.54. The van der Waals surface area contributed by atoms with Crippen molar-refractivity contribution in [3.05, 3.63) is 82.6 Å². The summed E-state index contributed by atoms with van der Waals surface area (Å²) in [4.78, 5) is 29.1. The van der Waals surface area contributed by atoms with Crippen LogP contribution in [0.15, 0.2) is 60.7 Å². The number of rotatable bonds is 5. The van der Waals surface area contributed by atoms with Crippen LogP contribution >= 0.6 is 11.6 Å². The zero-order chi connectivity index (χ0) is 20.1. The normalized spacial score (nSPS) is 10.2. The van der Waals surface area contributed by atoms with Crippen molar-refractivity contribution in [3.63, 3.8) is 0 Å². The highest BCUT2D eigenvalue weighted by molar-refractivity contribution is 6.31. The number of hydrogen-bond donors (Lipinski definition) is 2. The maximum Gasteiger partial charge on any atom is 0.274 e. The fourth-order valence-corrected chi connectivity index (χ4v) is 2.66. The summed E-state index contributed by atoms with van der Waals surface area (Å²) in [5, 5.41) is 6.05. The summed E-state index contributed by atoms with van der Waals surface area (Å²) in [7, 11) is 1.57. The summed E-state index contributed by atoms with van der Waals surface area (Å²) in [5.74, 6) is -0.158. The lowest BCUT2D eigenvalue weighted by Crippen LogP contribution is -2.18. The van der Waals surface area contributed by atoms with E-state index >= 15 is 0 Å². The predicted octanol–water partition coefficient (Wildman–Crippen LogP) is 4.56. The van der Waals surface area contributed by atoms with Gasteiger partial charge in [0.25, 0.3) is 11.8 Å². The highest BCUT2D eigenvalue weighted by Gasteiger charge is 2.14. The average Bonchev–Trinajstić information content (AvgIpc) is 2.72. The highest BCUT2D eigenvalue weighted by atomic mass is 35.5. The van der Waals surface area contributed by atoms with Gasteiger partial charge >= 0.3 is 0 Å². The van der Waals surface area contributed by atoms with E-state index in [1.165, 1.54) is 0 Å². The van der Waals surface area contributed by atoms with Gasteiger partial charge < -0.3 is 15.4 Å². The minimum Gasteiger partial charge on any atom is -0.497 e. The van der Waals surface area contributed by atoms with Crippen LogP contribution in [-0.4, -0.2) is 23.9 Å². The number of benzene rings is 2. The smallest absolute Gasteiger partial charge is 0.274 e. The second-order valence-electron chi connectivity index (χ2n) is 5.96. The Labute approximate surface area is 167 Å². The molecule has 142 valence electrons. The van der Waals surface area contributed by atoms with E-state index in [1.54, 1.807) is 67.8 Å². The van der Waals surface area contributed by atoms with Crippen LogP contribution in [0.5, 0.6) is 5.75 Å². The van der Waals surface area contributed by atoms with E-state index in [-0.39, 0.29) is 11.4 Å². The third kappa shape index (κ3) is 4.47. The molecule has 0 radical (unpaired) electrons. The molecule has 0 fully saturated rings. The summed E-state index contributed by atoms with van der Waals surface area (Å²) in [6, 6.07) is 16.8. The number of carbonyl (C=O) groups excluding carboxylic acids is 2. The number of nitrogens with one attached hydrogen (secondary N) is 2. The zero-order valence-corrected chi connectivity index (χ0v) is 16.1. The first-order valence-electron chi connectivity index (χ1n) is 8.47. The van der Waals surface area contributed by atoms with Crippen molar-refractivity contribution in [3.8, 4) is 5.75 Å². The standard InChI is InChI=1S/C21H18ClN3O3/c1-13-16(22)5-3-6-17(13)25-21(27)19-8-4-7-18(24-19)20(26)23-14-9-11-15(28-2)12-10-14/h3-12H,1-2H3,(H,23,26)(H,25,27). The minimum absolute atomic E-state index is 0.127. The van der Waals surface area contributed by atoms with E-state index in [9.17, 15) is 9.59 Å². The van der Waals surface area contributed by atoms with Crippen molar-refractivity contribution in [2.75, 3.05) is 17.7 Å². The maximum absolute atomic E-state index is 12.5. The fraction of sp³-hybridized carbons (Fsp3) is 0.0952. The molecule has 0 saturated heterocycles. The lowest BCUT2D eigenvalue weighted by Gasteiger charge is -2.10. The number of nitrogens with zero attached hydrogens (tertiary/aromatic N) is 1. The number of anilines is 2. The van der Waals surface area contributed by atoms with E-state index in [2.05, 4.69) is 15.6 Å². The molecule has 0 aliphatic heterocycles. The Morgan fingerprint density at radius 1 is 0.893 bits per heavy atom. The predicted molar refractivity (Wildman–Crippen MR) is 109 cm³/mol. The number of methoxy groups -OCH3 is 1. The van der Waals surface area contributed by atoms with Gasteiger partial charge in [-0.05, 0) is 61.0 Å². The van der Waals surface area contributed by atoms with Crippen molar-refractivity contribution >= 4 is 34.8 Å². The van der Waals surface area contributed by atoms with Crippen molar-refractivity contribution in [2.45, 2.75) is 6.92 Å². The molecule has 0 spiro atoms. The van der Waals surface area contributed by atoms with Gasteiger partial charge in [-0.1, -0.05) is 23.7 Å². The third-order valence-corrected chi connectivity index (χ3v) is 4.49. The van der Waals surface area contributed by atoms with Crippen LogP contribution in [0.4, 0.5) is 11.4 Å². The van der Waals surface area contributed by atoms with Crippen LogP contribution in [-0.2, 0) is 0 Å².